The molecule has 0 bridgehead atoms. The molecule has 0 N–H and O–H groups in total. The number of sulfone groups is 1. The summed E-state index contributed by atoms with van der Waals surface area (Å²) < 4.78 is 21.8. The van der Waals surface area contributed by atoms with Crippen LogP contribution in [0.5, 0.6) is 0 Å². The maximum Gasteiger partial charge on any atom is 0.148 e. The molecule has 1 atom stereocenters. The van der Waals surface area contributed by atoms with Gasteiger partial charge >= 0.3 is 0 Å². The van der Waals surface area contributed by atoms with E-state index in [1.165, 1.54) is 6.26 Å². The summed E-state index contributed by atoms with van der Waals surface area (Å²) in [7, 11) is -2.89. The molecule has 0 aliphatic heterocycles. The van der Waals surface area contributed by atoms with E-state index in [2.05, 4.69) is 15.9 Å². The van der Waals surface area contributed by atoms with Gasteiger partial charge in [-0.2, -0.15) is 0 Å². The van der Waals surface area contributed by atoms with Crippen molar-refractivity contribution >= 4 is 37.1 Å². The number of halogens is 1. The van der Waals surface area contributed by atoms with E-state index in [0.717, 1.165) is 4.88 Å². The second-order valence-electron chi connectivity index (χ2n) is 2.58. The van der Waals surface area contributed by atoms with Gasteiger partial charge in [-0.15, -0.1) is 11.3 Å². The van der Waals surface area contributed by atoms with Gasteiger partial charge in [0.15, 0.2) is 0 Å². The second kappa shape index (κ2) is 3.89. The Morgan fingerprint density at radius 1 is 1.67 bits per heavy atom. The minimum atomic E-state index is -2.89. The number of hydrogen-bond donors (Lipinski definition) is 0. The molecule has 0 saturated carbocycles. The Bertz CT molecular complexity index is 328. The van der Waals surface area contributed by atoms with E-state index in [1.807, 2.05) is 17.5 Å². The molecule has 2 nitrogen and oxygen atoms in total. The molecule has 1 heterocycles. The first-order valence-corrected chi connectivity index (χ1v) is 7.20. The van der Waals surface area contributed by atoms with Crippen molar-refractivity contribution in [1.29, 1.82) is 0 Å². The zero-order chi connectivity index (χ0) is 9.19. The first-order chi connectivity index (χ1) is 5.49. The number of alkyl halides is 1. The third-order valence-corrected chi connectivity index (χ3v) is 4.77. The molecule has 0 saturated heterocycles. The molecular formula is C7H9BrO2S2. The standard InChI is InChI=1S/C7H9BrO2S2/c1-12(9,10)5-6(8)7-3-2-4-11-7/h2-4,6H,5H2,1H3. The van der Waals surface area contributed by atoms with Gasteiger partial charge in [0, 0.05) is 11.1 Å². The van der Waals surface area contributed by atoms with Crippen molar-refractivity contribution in [2.75, 3.05) is 12.0 Å². The molecule has 68 valence electrons. The van der Waals surface area contributed by atoms with Crippen molar-refractivity contribution in [2.45, 2.75) is 4.83 Å². The fourth-order valence-electron chi connectivity index (χ4n) is 0.817. The first kappa shape index (κ1) is 10.2. The third-order valence-electron chi connectivity index (χ3n) is 1.30. The van der Waals surface area contributed by atoms with E-state index in [1.54, 1.807) is 11.3 Å². The van der Waals surface area contributed by atoms with Crippen LogP contribution in [0.25, 0.3) is 0 Å². The molecule has 0 aromatic carbocycles. The Labute approximate surface area is 84.7 Å². The lowest BCUT2D eigenvalue weighted by Crippen LogP contribution is -2.07. The van der Waals surface area contributed by atoms with E-state index >= 15 is 0 Å². The highest BCUT2D eigenvalue weighted by Gasteiger charge is 2.14. The van der Waals surface area contributed by atoms with Gasteiger partial charge in [0.2, 0.25) is 0 Å². The van der Waals surface area contributed by atoms with Gasteiger partial charge in [0.05, 0.1) is 10.6 Å². The van der Waals surface area contributed by atoms with Crippen LogP contribution in [0.1, 0.15) is 9.70 Å². The Kier molecular flexibility index (Phi) is 3.31. The molecule has 1 aromatic rings. The highest BCUT2D eigenvalue weighted by Crippen LogP contribution is 2.27. The number of hydrogen-bond acceptors (Lipinski definition) is 3. The number of rotatable bonds is 3. The van der Waals surface area contributed by atoms with Crippen molar-refractivity contribution in [3.8, 4) is 0 Å². The van der Waals surface area contributed by atoms with Gasteiger partial charge < -0.3 is 0 Å². The van der Waals surface area contributed by atoms with E-state index < -0.39 is 9.84 Å². The molecule has 12 heavy (non-hydrogen) atoms. The monoisotopic (exact) mass is 268 g/mol. The van der Waals surface area contributed by atoms with Gasteiger partial charge in [-0.05, 0) is 11.4 Å². The SMILES string of the molecule is CS(=O)(=O)CC(Br)c1cccs1. The van der Waals surface area contributed by atoms with Crippen molar-refractivity contribution in [3.05, 3.63) is 22.4 Å². The van der Waals surface area contributed by atoms with Gasteiger partial charge in [0.25, 0.3) is 0 Å². The van der Waals surface area contributed by atoms with Crippen LogP contribution >= 0.6 is 27.3 Å². The zero-order valence-corrected chi connectivity index (χ0v) is 9.75. The quantitative estimate of drug-likeness (QED) is 0.788. The highest BCUT2D eigenvalue weighted by atomic mass is 79.9. The topological polar surface area (TPSA) is 34.1 Å². The number of thiophene rings is 1. The van der Waals surface area contributed by atoms with Crippen molar-refractivity contribution in [2.24, 2.45) is 0 Å². The van der Waals surface area contributed by atoms with Crippen LogP contribution in [-0.2, 0) is 9.84 Å². The minimum Gasteiger partial charge on any atom is -0.229 e. The predicted molar refractivity (Wildman–Crippen MR) is 55.7 cm³/mol. The molecule has 0 fully saturated rings. The van der Waals surface area contributed by atoms with Crippen LogP contribution in [0.4, 0.5) is 0 Å². The Hall–Kier alpha value is 0.130. The maximum absolute atomic E-state index is 10.9. The smallest absolute Gasteiger partial charge is 0.148 e. The Balaban J connectivity index is 2.68. The third kappa shape index (κ3) is 3.25. The second-order valence-corrected chi connectivity index (χ2v) is 6.84. The molecule has 5 heteroatoms. The van der Waals surface area contributed by atoms with Crippen molar-refractivity contribution in [3.63, 3.8) is 0 Å². The van der Waals surface area contributed by atoms with Crippen LogP contribution in [0, 0.1) is 0 Å². The van der Waals surface area contributed by atoms with E-state index in [4.69, 9.17) is 0 Å². The largest absolute Gasteiger partial charge is 0.229 e. The van der Waals surface area contributed by atoms with Crippen molar-refractivity contribution in [1.82, 2.24) is 0 Å². The molecule has 1 rings (SSSR count). The molecule has 0 radical (unpaired) electrons. The Morgan fingerprint density at radius 3 is 2.75 bits per heavy atom. The van der Waals surface area contributed by atoms with E-state index in [9.17, 15) is 8.42 Å². The highest BCUT2D eigenvalue weighted by molar-refractivity contribution is 9.09. The lowest BCUT2D eigenvalue weighted by molar-refractivity contribution is 0.601. The van der Waals surface area contributed by atoms with Gasteiger partial charge in [-0.3, -0.25) is 0 Å². The van der Waals surface area contributed by atoms with Gasteiger partial charge in [-0.25, -0.2) is 8.42 Å². The van der Waals surface area contributed by atoms with Crippen LogP contribution < -0.4 is 0 Å². The zero-order valence-electron chi connectivity index (χ0n) is 6.53. The summed E-state index contributed by atoms with van der Waals surface area (Å²) in [4.78, 5) is 0.993. The predicted octanol–water partition coefficient (Wildman–Crippen LogP) is 2.23. The molecule has 0 amide bonds. The molecular weight excluding hydrogens is 260 g/mol. The van der Waals surface area contributed by atoms with Crippen LogP contribution in [0.15, 0.2) is 17.5 Å². The molecule has 0 aliphatic rings. The molecule has 1 unspecified atom stereocenters. The van der Waals surface area contributed by atoms with Gasteiger partial charge in [0.1, 0.15) is 9.84 Å². The fraction of sp³-hybridized carbons (Fsp3) is 0.429. The molecule has 1 aromatic heterocycles. The summed E-state index contributed by atoms with van der Waals surface area (Å²) in [5, 5.41) is 1.94. The lowest BCUT2D eigenvalue weighted by atomic mass is 10.4. The van der Waals surface area contributed by atoms with E-state index in [-0.39, 0.29) is 10.6 Å². The summed E-state index contributed by atoms with van der Waals surface area (Å²) in [6, 6.07) is 3.84. The summed E-state index contributed by atoms with van der Waals surface area (Å²) >= 11 is 4.89. The van der Waals surface area contributed by atoms with Gasteiger partial charge in [-0.1, -0.05) is 22.0 Å². The summed E-state index contributed by atoms with van der Waals surface area (Å²) in [5.41, 5.74) is 0. The lowest BCUT2D eigenvalue weighted by Gasteiger charge is -2.04. The maximum atomic E-state index is 10.9. The summed E-state index contributed by atoms with van der Waals surface area (Å²) in [6.07, 6.45) is 1.24. The Morgan fingerprint density at radius 2 is 2.33 bits per heavy atom. The summed E-state index contributed by atoms with van der Waals surface area (Å²) in [5.74, 6) is 0.160. The minimum absolute atomic E-state index is 0.0625. The fourth-order valence-corrected chi connectivity index (χ4v) is 4.25. The normalized spacial score (nSPS) is 14.5. The first-order valence-electron chi connectivity index (χ1n) is 3.34. The average molecular weight is 269 g/mol. The summed E-state index contributed by atoms with van der Waals surface area (Å²) in [6.45, 7) is 0. The van der Waals surface area contributed by atoms with Crippen LogP contribution in [-0.4, -0.2) is 20.4 Å². The average Bonchev–Trinajstić information content (AvgIpc) is 2.32. The van der Waals surface area contributed by atoms with Crippen LogP contribution in [0.2, 0.25) is 0 Å². The van der Waals surface area contributed by atoms with E-state index in [0.29, 0.717) is 0 Å². The molecule has 0 spiro atoms. The van der Waals surface area contributed by atoms with Crippen molar-refractivity contribution < 1.29 is 8.42 Å². The molecule has 0 aliphatic carbocycles. The van der Waals surface area contributed by atoms with Crippen LogP contribution in [0.3, 0.4) is 0 Å².